The molecule has 0 aliphatic carbocycles. The van der Waals surface area contributed by atoms with Crippen molar-refractivity contribution in [3.8, 4) is 5.75 Å². The number of rotatable bonds is 3. The number of carbonyl (C=O) groups excluding carboxylic acids is 1. The molecule has 3 rings (SSSR count). The minimum atomic E-state index is 0.0369. The molecular formula is C18H27N3O3. The van der Waals surface area contributed by atoms with Gasteiger partial charge in [0.25, 0.3) is 0 Å². The summed E-state index contributed by atoms with van der Waals surface area (Å²) in [5.74, 6) is 0.876. The Morgan fingerprint density at radius 1 is 1.25 bits per heavy atom. The second kappa shape index (κ2) is 7.85. The Morgan fingerprint density at radius 2 is 2.00 bits per heavy atom. The van der Waals surface area contributed by atoms with E-state index >= 15 is 0 Å². The van der Waals surface area contributed by atoms with Gasteiger partial charge in [-0.2, -0.15) is 0 Å². The molecule has 2 fully saturated rings. The van der Waals surface area contributed by atoms with Crippen LogP contribution in [-0.4, -0.2) is 68.9 Å². The lowest BCUT2D eigenvalue weighted by Crippen LogP contribution is -2.54. The normalized spacial score (nSPS) is 23.1. The molecule has 2 aliphatic rings. The number of methoxy groups -OCH3 is 1. The van der Waals surface area contributed by atoms with Gasteiger partial charge in [-0.1, -0.05) is 18.2 Å². The number of nitrogens with zero attached hydrogens (tertiary/aromatic N) is 2. The van der Waals surface area contributed by atoms with Crippen LogP contribution in [0.2, 0.25) is 0 Å². The van der Waals surface area contributed by atoms with Crippen molar-refractivity contribution in [2.45, 2.75) is 24.9 Å². The quantitative estimate of drug-likeness (QED) is 0.917. The molecule has 24 heavy (non-hydrogen) atoms. The maximum absolute atomic E-state index is 12.6. The van der Waals surface area contributed by atoms with Crippen molar-refractivity contribution >= 4 is 6.03 Å². The molecule has 2 aliphatic heterocycles. The molecule has 1 atom stereocenters. The Kier molecular flexibility index (Phi) is 5.58. The van der Waals surface area contributed by atoms with Gasteiger partial charge in [0.2, 0.25) is 0 Å². The van der Waals surface area contributed by atoms with Crippen molar-refractivity contribution < 1.29 is 14.3 Å². The van der Waals surface area contributed by atoms with Crippen LogP contribution in [0, 0.1) is 0 Å². The summed E-state index contributed by atoms with van der Waals surface area (Å²) in [4.78, 5) is 16.8. The predicted molar refractivity (Wildman–Crippen MR) is 92.3 cm³/mol. The van der Waals surface area contributed by atoms with E-state index in [2.05, 4.69) is 23.3 Å². The summed E-state index contributed by atoms with van der Waals surface area (Å²) < 4.78 is 10.9. The average molecular weight is 333 g/mol. The largest absolute Gasteiger partial charge is 0.496 e. The summed E-state index contributed by atoms with van der Waals surface area (Å²) in [5, 5.41) is 3.16. The lowest BCUT2D eigenvalue weighted by Gasteiger charge is -2.40. The van der Waals surface area contributed by atoms with Gasteiger partial charge in [-0.25, -0.2) is 4.79 Å². The van der Waals surface area contributed by atoms with Crippen LogP contribution in [-0.2, 0) is 4.74 Å². The molecule has 2 saturated heterocycles. The predicted octanol–water partition coefficient (Wildman–Crippen LogP) is 1.87. The number of amides is 2. The van der Waals surface area contributed by atoms with E-state index in [-0.39, 0.29) is 18.1 Å². The van der Waals surface area contributed by atoms with Gasteiger partial charge in [0, 0.05) is 44.5 Å². The van der Waals surface area contributed by atoms with E-state index in [0.717, 1.165) is 50.5 Å². The zero-order valence-electron chi connectivity index (χ0n) is 14.5. The van der Waals surface area contributed by atoms with Crippen LogP contribution in [0.25, 0.3) is 0 Å². The molecule has 1 unspecified atom stereocenters. The van der Waals surface area contributed by atoms with Gasteiger partial charge in [0.05, 0.1) is 13.2 Å². The monoisotopic (exact) mass is 333 g/mol. The fraction of sp³-hybridized carbons (Fsp3) is 0.611. The molecule has 0 spiro atoms. The number of urea groups is 1. The SMILES string of the molecule is COc1ccccc1C1CN(C(=O)NC2CCOCC2)CCN1C. The van der Waals surface area contributed by atoms with Crippen LogP contribution < -0.4 is 10.1 Å². The van der Waals surface area contributed by atoms with Crippen molar-refractivity contribution in [1.82, 2.24) is 15.1 Å². The van der Waals surface area contributed by atoms with Crippen molar-refractivity contribution in [2.75, 3.05) is 47.0 Å². The van der Waals surface area contributed by atoms with Gasteiger partial charge in [0.15, 0.2) is 0 Å². The first kappa shape index (κ1) is 17.0. The number of carbonyl (C=O) groups is 1. The van der Waals surface area contributed by atoms with Crippen LogP contribution in [0.5, 0.6) is 5.75 Å². The molecule has 0 radical (unpaired) electrons. The molecule has 0 bridgehead atoms. The maximum Gasteiger partial charge on any atom is 0.317 e. The summed E-state index contributed by atoms with van der Waals surface area (Å²) in [7, 11) is 3.79. The van der Waals surface area contributed by atoms with Crippen molar-refractivity contribution in [2.24, 2.45) is 0 Å². The number of hydrogen-bond donors (Lipinski definition) is 1. The van der Waals surface area contributed by atoms with Gasteiger partial charge in [-0.05, 0) is 26.0 Å². The zero-order chi connectivity index (χ0) is 16.9. The average Bonchev–Trinajstić information content (AvgIpc) is 2.63. The van der Waals surface area contributed by atoms with E-state index in [9.17, 15) is 4.79 Å². The number of likely N-dealkylation sites (N-methyl/N-ethyl adjacent to an activating group) is 1. The Balaban J connectivity index is 1.67. The highest BCUT2D eigenvalue weighted by Crippen LogP contribution is 2.31. The standard InChI is InChI=1S/C18H27N3O3/c1-20-9-10-21(18(22)19-14-7-11-24-12-8-14)13-16(20)15-5-3-4-6-17(15)23-2/h3-6,14,16H,7-13H2,1-2H3,(H,19,22). The molecule has 6 heteroatoms. The van der Waals surface area contributed by atoms with E-state index in [1.54, 1.807) is 7.11 Å². The number of nitrogens with one attached hydrogen (secondary N) is 1. The van der Waals surface area contributed by atoms with E-state index in [4.69, 9.17) is 9.47 Å². The summed E-state index contributed by atoms with van der Waals surface area (Å²) in [6, 6.07) is 8.47. The molecule has 6 nitrogen and oxygen atoms in total. The van der Waals surface area contributed by atoms with E-state index in [1.165, 1.54) is 0 Å². The van der Waals surface area contributed by atoms with Gasteiger partial charge in [0.1, 0.15) is 5.75 Å². The molecule has 132 valence electrons. The fourth-order valence-electron chi connectivity index (χ4n) is 3.44. The zero-order valence-corrected chi connectivity index (χ0v) is 14.5. The van der Waals surface area contributed by atoms with Crippen molar-refractivity contribution in [3.05, 3.63) is 29.8 Å². The number of para-hydroxylation sites is 1. The van der Waals surface area contributed by atoms with Crippen LogP contribution in [0.15, 0.2) is 24.3 Å². The van der Waals surface area contributed by atoms with Crippen LogP contribution in [0.3, 0.4) is 0 Å². The number of hydrogen-bond acceptors (Lipinski definition) is 4. The Morgan fingerprint density at radius 3 is 2.75 bits per heavy atom. The van der Waals surface area contributed by atoms with Gasteiger partial charge in [-0.3, -0.25) is 4.90 Å². The first-order chi connectivity index (χ1) is 11.7. The third-order valence-corrected chi connectivity index (χ3v) is 4.98. The minimum absolute atomic E-state index is 0.0369. The minimum Gasteiger partial charge on any atom is -0.496 e. The maximum atomic E-state index is 12.6. The second-order valence-electron chi connectivity index (χ2n) is 6.52. The molecule has 0 saturated carbocycles. The van der Waals surface area contributed by atoms with E-state index < -0.39 is 0 Å². The highest BCUT2D eigenvalue weighted by Gasteiger charge is 2.31. The van der Waals surface area contributed by atoms with Gasteiger partial charge in [-0.15, -0.1) is 0 Å². The summed E-state index contributed by atoms with van der Waals surface area (Å²) in [5.41, 5.74) is 1.13. The third-order valence-electron chi connectivity index (χ3n) is 4.98. The third kappa shape index (κ3) is 3.82. The topological polar surface area (TPSA) is 54.0 Å². The summed E-state index contributed by atoms with van der Waals surface area (Å²) in [6.45, 7) is 3.74. The molecule has 1 aromatic carbocycles. The molecular weight excluding hydrogens is 306 g/mol. The molecule has 1 N–H and O–H groups in total. The molecule has 0 aromatic heterocycles. The van der Waals surface area contributed by atoms with Crippen LogP contribution in [0.1, 0.15) is 24.4 Å². The highest BCUT2D eigenvalue weighted by molar-refractivity contribution is 5.74. The van der Waals surface area contributed by atoms with Crippen LogP contribution in [0.4, 0.5) is 4.79 Å². The lowest BCUT2D eigenvalue weighted by molar-refractivity contribution is 0.0730. The Hall–Kier alpha value is -1.79. The number of benzene rings is 1. The van der Waals surface area contributed by atoms with Crippen LogP contribution >= 0.6 is 0 Å². The first-order valence-electron chi connectivity index (χ1n) is 8.65. The second-order valence-corrected chi connectivity index (χ2v) is 6.52. The fourth-order valence-corrected chi connectivity index (χ4v) is 3.44. The van der Waals surface area contributed by atoms with E-state index in [1.807, 2.05) is 23.1 Å². The molecule has 2 heterocycles. The van der Waals surface area contributed by atoms with E-state index in [0.29, 0.717) is 6.54 Å². The highest BCUT2D eigenvalue weighted by atomic mass is 16.5. The van der Waals surface area contributed by atoms with Crippen molar-refractivity contribution in [1.29, 1.82) is 0 Å². The molecule has 1 aromatic rings. The smallest absolute Gasteiger partial charge is 0.317 e. The molecule has 2 amide bonds. The Bertz CT molecular complexity index is 560. The summed E-state index contributed by atoms with van der Waals surface area (Å²) >= 11 is 0. The lowest BCUT2D eigenvalue weighted by atomic mass is 10.0. The summed E-state index contributed by atoms with van der Waals surface area (Å²) in [6.07, 6.45) is 1.80. The van der Waals surface area contributed by atoms with Gasteiger partial charge >= 0.3 is 6.03 Å². The van der Waals surface area contributed by atoms with Crippen molar-refractivity contribution in [3.63, 3.8) is 0 Å². The van der Waals surface area contributed by atoms with Gasteiger partial charge < -0.3 is 19.7 Å². The first-order valence-corrected chi connectivity index (χ1v) is 8.65. The number of piperazine rings is 1. The number of ether oxygens (including phenoxy) is 2. The Labute approximate surface area is 143 Å².